The molecule has 2 heterocycles. The molecule has 1 atom stereocenters. The van der Waals surface area contributed by atoms with Gasteiger partial charge in [0.25, 0.3) is 0 Å². The number of hydrogen-bond acceptors (Lipinski definition) is 4. The van der Waals surface area contributed by atoms with Gasteiger partial charge in [-0.1, -0.05) is 18.2 Å². The minimum atomic E-state index is -0.477. The van der Waals surface area contributed by atoms with Crippen LogP contribution in [-0.2, 0) is 23.5 Å². The molecule has 1 unspecified atom stereocenters. The Morgan fingerprint density at radius 3 is 2.71 bits per heavy atom. The van der Waals surface area contributed by atoms with Gasteiger partial charge in [-0.2, -0.15) is 5.26 Å². The number of benzene rings is 2. The molecule has 5 nitrogen and oxygen atoms in total. The van der Waals surface area contributed by atoms with Crippen molar-refractivity contribution in [2.75, 3.05) is 19.0 Å². The van der Waals surface area contributed by atoms with Gasteiger partial charge in [0, 0.05) is 38.7 Å². The van der Waals surface area contributed by atoms with Crippen LogP contribution in [0.5, 0.6) is 0 Å². The number of anilines is 1. The smallest absolute Gasteiger partial charge is 0.119 e. The fourth-order valence-electron chi connectivity index (χ4n) is 4.00. The Morgan fingerprint density at radius 2 is 2.04 bits per heavy atom. The molecule has 28 heavy (non-hydrogen) atoms. The summed E-state index contributed by atoms with van der Waals surface area (Å²) in [6.45, 7) is 1.43. The second-order valence-electron chi connectivity index (χ2n) is 7.44. The molecule has 0 amide bonds. The highest BCUT2D eigenvalue weighted by Crippen LogP contribution is 2.46. The lowest BCUT2D eigenvalue weighted by Crippen LogP contribution is -2.27. The molecule has 0 spiro atoms. The van der Waals surface area contributed by atoms with Crippen LogP contribution in [0.2, 0.25) is 0 Å². The SMILES string of the molecule is CN(C)c1ccc(C2(CCCn3ccnc3)OCc3cc(C#N)ccc32)cc1. The standard InChI is InChI=1S/C23H24N4O/c1-26(2)21-7-5-20(6-8-21)23(10-3-12-27-13-11-25-17-27)22-9-4-18(15-24)14-19(22)16-28-23/h4-9,11,13-14,17H,3,10,12,16H2,1-2H3. The number of aryl methyl sites for hydroxylation is 1. The molecule has 1 aromatic heterocycles. The normalized spacial score (nSPS) is 17.9. The topological polar surface area (TPSA) is 54.1 Å². The lowest BCUT2D eigenvalue weighted by molar-refractivity contribution is -0.0137. The summed E-state index contributed by atoms with van der Waals surface area (Å²) in [6.07, 6.45) is 7.47. The van der Waals surface area contributed by atoms with Gasteiger partial charge in [0.2, 0.25) is 0 Å². The summed E-state index contributed by atoms with van der Waals surface area (Å²) < 4.78 is 8.56. The third-order valence-electron chi connectivity index (χ3n) is 5.50. The molecule has 1 aliphatic rings. The van der Waals surface area contributed by atoms with E-state index >= 15 is 0 Å². The first kappa shape index (κ1) is 18.3. The van der Waals surface area contributed by atoms with E-state index in [-0.39, 0.29) is 0 Å². The van der Waals surface area contributed by atoms with Crippen molar-refractivity contribution in [2.24, 2.45) is 0 Å². The van der Waals surface area contributed by atoms with Gasteiger partial charge in [0.1, 0.15) is 5.60 Å². The molecule has 4 rings (SSSR count). The van der Waals surface area contributed by atoms with Crippen LogP contribution in [0.25, 0.3) is 0 Å². The Morgan fingerprint density at radius 1 is 1.21 bits per heavy atom. The zero-order chi connectivity index (χ0) is 19.6. The third kappa shape index (κ3) is 3.28. The average Bonchev–Trinajstić information content (AvgIpc) is 3.36. The van der Waals surface area contributed by atoms with E-state index < -0.39 is 5.60 Å². The van der Waals surface area contributed by atoms with Gasteiger partial charge in [-0.25, -0.2) is 4.98 Å². The van der Waals surface area contributed by atoms with E-state index in [9.17, 15) is 5.26 Å². The molecule has 0 radical (unpaired) electrons. The number of ether oxygens (including phenoxy) is 1. The molecule has 142 valence electrons. The van der Waals surface area contributed by atoms with Crippen molar-refractivity contribution in [3.63, 3.8) is 0 Å². The minimum Gasteiger partial charge on any atom is -0.378 e. The summed E-state index contributed by atoms with van der Waals surface area (Å²) in [5.41, 5.74) is 4.81. The summed E-state index contributed by atoms with van der Waals surface area (Å²) in [5.74, 6) is 0. The molecule has 3 aromatic rings. The van der Waals surface area contributed by atoms with E-state index in [0.717, 1.165) is 36.2 Å². The van der Waals surface area contributed by atoms with Gasteiger partial charge in [0.05, 0.1) is 24.6 Å². The van der Waals surface area contributed by atoms with Crippen LogP contribution >= 0.6 is 0 Å². The zero-order valence-corrected chi connectivity index (χ0v) is 16.3. The summed E-state index contributed by atoms with van der Waals surface area (Å²) >= 11 is 0. The highest BCUT2D eigenvalue weighted by molar-refractivity contribution is 5.52. The van der Waals surface area contributed by atoms with Crippen LogP contribution in [0.3, 0.4) is 0 Å². The van der Waals surface area contributed by atoms with Crippen molar-refractivity contribution >= 4 is 5.69 Å². The van der Waals surface area contributed by atoms with Crippen LogP contribution in [0.15, 0.2) is 61.2 Å². The van der Waals surface area contributed by atoms with E-state index in [4.69, 9.17) is 4.74 Å². The first-order valence-corrected chi connectivity index (χ1v) is 9.53. The van der Waals surface area contributed by atoms with Crippen LogP contribution in [0.1, 0.15) is 35.1 Å². The van der Waals surface area contributed by atoms with Gasteiger partial charge in [-0.05, 0) is 53.8 Å². The largest absolute Gasteiger partial charge is 0.378 e. The average molecular weight is 372 g/mol. The summed E-state index contributed by atoms with van der Waals surface area (Å²) in [6, 6.07) is 16.8. The monoisotopic (exact) mass is 372 g/mol. The van der Waals surface area contributed by atoms with Gasteiger partial charge < -0.3 is 14.2 Å². The maximum absolute atomic E-state index is 9.24. The van der Waals surface area contributed by atoms with Crippen molar-refractivity contribution in [1.29, 1.82) is 5.26 Å². The Kier molecular flexibility index (Phi) is 4.89. The Balaban J connectivity index is 1.69. The Labute approximate surface area is 165 Å². The zero-order valence-electron chi connectivity index (χ0n) is 16.3. The maximum atomic E-state index is 9.24. The number of nitriles is 1. The van der Waals surface area contributed by atoms with Crippen LogP contribution < -0.4 is 4.90 Å². The van der Waals surface area contributed by atoms with Gasteiger partial charge in [0.15, 0.2) is 0 Å². The first-order chi connectivity index (χ1) is 13.6. The molecule has 0 saturated carbocycles. The molecule has 0 aliphatic carbocycles. The Bertz CT molecular complexity index is 986. The Hall–Kier alpha value is -3.10. The predicted molar refractivity (Wildman–Crippen MR) is 109 cm³/mol. The lowest BCUT2D eigenvalue weighted by atomic mass is 9.81. The molecule has 5 heteroatoms. The van der Waals surface area contributed by atoms with Crippen LogP contribution in [0, 0.1) is 11.3 Å². The fourth-order valence-corrected chi connectivity index (χ4v) is 4.00. The summed E-state index contributed by atoms with van der Waals surface area (Å²) in [7, 11) is 4.08. The number of hydrogen-bond donors (Lipinski definition) is 0. The molecule has 0 fully saturated rings. The van der Waals surface area contributed by atoms with E-state index in [1.54, 1.807) is 6.20 Å². The number of nitrogens with zero attached hydrogens (tertiary/aromatic N) is 4. The van der Waals surface area contributed by atoms with Crippen molar-refractivity contribution in [2.45, 2.75) is 31.6 Å². The number of rotatable bonds is 6. The molecule has 1 aliphatic heterocycles. The van der Waals surface area contributed by atoms with Crippen LogP contribution in [-0.4, -0.2) is 23.6 Å². The molecule has 0 bridgehead atoms. The molecular weight excluding hydrogens is 348 g/mol. The van der Waals surface area contributed by atoms with Gasteiger partial charge in [-0.3, -0.25) is 0 Å². The number of imidazole rings is 1. The van der Waals surface area contributed by atoms with Crippen molar-refractivity contribution in [3.05, 3.63) is 83.4 Å². The fraction of sp³-hybridized carbons (Fsp3) is 0.304. The minimum absolute atomic E-state index is 0.477. The molecule has 2 aromatic carbocycles. The third-order valence-corrected chi connectivity index (χ3v) is 5.50. The quantitative estimate of drug-likeness (QED) is 0.654. The van der Waals surface area contributed by atoms with E-state index in [1.165, 1.54) is 5.56 Å². The lowest BCUT2D eigenvalue weighted by Gasteiger charge is -2.31. The predicted octanol–water partition coefficient (Wildman–Crippen LogP) is 4.07. The molecular formula is C23H24N4O. The number of fused-ring (bicyclic) bond motifs is 1. The van der Waals surface area contributed by atoms with Crippen LogP contribution in [0.4, 0.5) is 5.69 Å². The first-order valence-electron chi connectivity index (χ1n) is 9.53. The van der Waals surface area contributed by atoms with Gasteiger partial charge in [-0.15, -0.1) is 0 Å². The summed E-state index contributed by atoms with van der Waals surface area (Å²) in [5, 5.41) is 9.24. The summed E-state index contributed by atoms with van der Waals surface area (Å²) in [4.78, 5) is 6.22. The van der Waals surface area contributed by atoms with Crippen molar-refractivity contribution < 1.29 is 4.74 Å². The molecule has 0 N–H and O–H groups in total. The second kappa shape index (κ2) is 7.49. The maximum Gasteiger partial charge on any atom is 0.119 e. The van der Waals surface area contributed by atoms with E-state index in [1.807, 2.05) is 38.8 Å². The highest BCUT2D eigenvalue weighted by atomic mass is 16.5. The van der Waals surface area contributed by atoms with Crippen molar-refractivity contribution in [1.82, 2.24) is 9.55 Å². The van der Waals surface area contributed by atoms with E-state index in [0.29, 0.717) is 12.2 Å². The molecule has 0 saturated heterocycles. The van der Waals surface area contributed by atoms with Gasteiger partial charge >= 0.3 is 0 Å². The number of aromatic nitrogens is 2. The highest BCUT2D eigenvalue weighted by Gasteiger charge is 2.41. The second-order valence-corrected chi connectivity index (χ2v) is 7.44. The van der Waals surface area contributed by atoms with E-state index in [2.05, 4.69) is 50.9 Å². The van der Waals surface area contributed by atoms with Crippen molar-refractivity contribution in [3.8, 4) is 6.07 Å².